The summed E-state index contributed by atoms with van der Waals surface area (Å²) in [6, 6.07) is 7.65. The zero-order chi connectivity index (χ0) is 19.2. The van der Waals surface area contributed by atoms with Crippen LogP contribution in [0, 0.1) is 0 Å². The van der Waals surface area contributed by atoms with Gasteiger partial charge < -0.3 is 19.7 Å². The van der Waals surface area contributed by atoms with E-state index >= 15 is 0 Å². The predicted molar refractivity (Wildman–Crippen MR) is 106 cm³/mol. The monoisotopic (exact) mass is 436 g/mol. The van der Waals surface area contributed by atoms with E-state index in [2.05, 4.69) is 21.2 Å². The number of carbonyl (C=O) groups is 2. The summed E-state index contributed by atoms with van der Waals surface area (Å²) in [6.45, 7) is 0.925. The van der Waals surface area contributed by atoms with Crippen molar-refractivity contribution in [3.05, 3.63) is 40.1 Å². The van der Waals surface area contributed by atoms with Gasteiger partial charge in [-0.15, -0.1) is 0 Å². The summed E-state index contributed by atoms with van der Waals surface area (Å²) in [7, 11) is 1.59. The van der Waals surface area contributed by atoms with Crippen LogP contribution in [0.5, 0.6) is 0 Å². The third kappa shape index (κ3) is 5.11. The molecule has 1 saturated carbocycles. The molecule has 2 fully saturated rings. The van der Waals surface area contributed by atoms with Crippen molar-refractivity contribution in [3.63, 3.8) is 0 Å². The maximum absolute atomic E-state index is 13.1. The number of hydrogen-bond donors (Lipinski definition) is 1. The third-order valence-electron chi connectivity index (χ3n) is 4.91. The van der Waals surface area contributed by atoms with E-state index in [9.17, 15) is 9.59 Å². The molecule has 1 saturated heterocycles. The first-order chi connectivity index (χ1) is 13.1. The van der Waals surface area contributed by atoms with Crippen LogP contribution in [0.3, 0.4) is 0 Å². The van der Waals surface area contributed by atoms with Crippen LogP contribution in [-0.4, -0.2) is 55.7 Å². The van der Waals surface area contributed by atoms with Crippen molar-refractivity contribution in [1.29, 1.82) is 0 Å². The third-order valence-corrected chi connectivity index (χ3v) is 5.40. The molecule has 1 aromatic carbocycles. The molecule has 2 unspecified atom stereocenters. The maximum Gasteiger partial charge on any atom is 0.289 e. The Morgan fingerprint density at radius 2 is 2.22 bits per heavy atom. The van der Waals surface area contributed by atoms with Crippen LogP contribution in [0.15, 0.2) is 34.5 Å². The van der Waals surface area contributed by atoms with Crippen LogP contribution in [0.2, 0.25) is 0 Å². The van der Waals surface area contributed by atoms with Crippen LogP contribution < -0.4 is 5.32 Å². The van der Waals surface area contributed by atoms with E-state index in [-0.39, 0.29) is 30.5 Å². The summed E-state index contributed by atoms with van der Waals surface area (Å²) in [5.74, 6) is -0.0885. The fourth-order valence-electron chi connectivity index (χ4n) is 3.61. The molecule has 1 N–H and O–H groups in total. The molecular formula is C20H25BrN2O4. The highest BCUT2D eigenvalue weighted by molar-refractivity contribution is 9.10. The molecule has 1 aliphatic carbocycles. The van der Waals surface area contributed by atoms with Gasteiger partial charge in [0.1, 0.15) is 12.6 Å². The van der Waals surface area contributed by atoms with E-state index in [4.69, 9.17) is 9.47 Å². The Morgan fingerprint density at radius 3 is 3.00 bits per heavy atom. The zero-order valence-corrected chi connectivity index (χ0v) is 17.0. The molecule has 1 heterocycles. The predicted octanol–water partition coefficient (Wildman–Crippen LogP) is 2.72. The molecule has 0 radical (unpaired) electrons. The van der Waals surface area contributed by atoms with E-state index in [1.165, 1.54) is 0 Å². The highest BCUT2D eigenvalue weighted by atomic mass is 79.9. The lowest BCUT2D eigenvalue weighted by atomic mass is 9.89. The quantitative estimate of drug-likeness (QED) is 0.549. The molecule has 3 rings (SSSR count). The van der Waals surface area contributed by atoms with Crippen LogP contribution in [0.25, 0.3) is 6.08 Å². The first-order valence-electron chi connectivity index (χ1n) is 9.29. The van der Waals surface area contributed by atoms with Crippen molar-refractivity contribution in [2.45, 2.75) is 37.8 Å². The van der Waals surface area contributed by atoms with Crippen molar-refractivity contribution in [2.24, 2.45) is 0 Å². The van der Waals surface area contributed by atoms with Gasteiger partial charge in [-0.05, 0) is 43.0 Å². The number of nitrogens with one attached hydrogen (secondary N) is 1. The first kappa shape index (κ1) is 19.9. The first-order valence-corrected chi connectivity index (χ1v) is 10.1. The smallest absolute Gasteiger partial charge is 0.289 e. The number of fused-ring (bicyclic) bond motifs is 1. The number of nitrogens with zero attached hydrogens (tertiary/aromatic N) is 1. The molecule has 1 aromatic rings. The Kier molecular flexibility index (Phi) is 6.90. The molecule has 27 heavy (non-hydrogen) atoms. The average molecular weight is 437 g/mol. The SMILES string of the molecule is COCCNC(=O)CN1C(=O)/C(=C\c2cccc(Br)c2)OC2CCCCC21. The Morgan fingerprint density at radius 1 is 1.41 bits per heavy atom. The maximum atomic E-state index is 13.1. The van der Waals surface area contributed by atoms with E-state index in [1.807, 2.05) is 24.3 Å². The molecule has 2 aliphatic rings. The number of methoxy groups -OCH3 is 1. The minimum atomic E-state index is -0.222. The molecule has 0 aromatic heterocycles. The van der Waals surface area contributed by atoms with Gasteiger partial charge >= 0.3 is 0 Å². The fraction of sp³-hybridized carbons (Fsp3) is 0.500. The van der Waals surface area contributed by atoms with Crippen molar-refractivity contribution in [3.8, 4) is 0 Å². The lowest BCUT2D eigenvalue weighted by molar-refractivity contribution is -0.151. The van der Waals surface area contributed by atoms with Gasteiger partial charge in [-0.1, -0.05) is 34.5 Å². The number of ether oxygens (including phenoxy) is 2. The molecular weight excluding hydrogens is 412 g/mol. The van der Waals surface area contributed by atoms with Gasteiger partial charge in [0, 0.05) is 18.1 Å². The topological polar surface area (TPSA) is 67.9 Å². The highest BCUT2D eigenvalue weighted by Gasteiger charge is 2.42. The second-order valence-corrected chi connectivity index (χ2v) is 7.76. The van der Waals surface area contributed by atoms with E-state index in [1.54, 1.807) is 18.1 Å². The van der Waals surface area contributed by atoms with Crippen LogP contribution in [-0.2, 0) is 19.1 Å². The van der Waals surface area contributed by atoms with Gasteiger partial charge in [-0.3, -0.25) is 9.59 Å². The second kappa shape index (κ2) is 9.37. The summed E-state index contributed by atoms with van der Waals surface area (Å²) in [5.41, 5.74) is 0.881. The van der Waals surface area contributed by atoms with Crippen molar-refractivity contribution < 1.29 is 19.1 Å². The molecule has 0 bridgehead atoms. The summed E-state index contributed by atoms with van der Waals surface area (Å²) in [6.07, 6.45) is 5.59. The van der Waals surface area contributed by atoms with Crippen molar-refractivity contribution in [2.75, 3.05) is 26.8 Å². The van der Waals surface area contributed by atoms with Crippen LogP contribution in [0.4, 0.5) is 0 Å². The largest absolute Gasteiger partial charge is 0.482 e. The van der Waals surface area contributed by atoms with E-state index in [0.29, 0.717) is 18.9 Å². The zero-order valence-electron chi connectivity index (χ0n) is 15.4. The molecule has 0 spiro atoms. The fourth-order valence-corrected chi connectivity index (χ4v) is 4.03. The van der Waals surface area contributed by atoms with E-state index in [0.717, 1.165) is 35.7 Å². The Balaban J connectivity index is 1.79. The average Bonchev–Trinajstić information content (AvgIpc) is 2.65. The standard InChI is InChI=1S/C20H25BrN2O4/c1-26-10-9-22-19(24)13-23-16-7-2-3-8-17(16)27-18(20(23)25)12-14-5-4-6-15(21)11-14/h4-6,11-12,16-17H,2-3,7-10,13H2,1H3,(H,22,24)/b18-12+. The van der Waals surface area contributed by atoms with Crippen molar-refractivity contribution in [1.82, 2.24) is 10.2 Å². The lowest BCUT2D eigenvalue weighted by Crippen LogP contribution is -2.57. The molecule has 2 amide bonds. The van der Waals surface area contributed by atoms with Crippen LogP contribution >= 0.6 is 15.9 Å². The summed E-state index contributed by atoms with van der Waals surface area (Å²) < 4.78 is 11.9. The summed E-state index contributed by atoms with van der Waals surface area (Å²) in [4.78, 5) is 27.0. The number of halogens is 1. The Bertz CT molecular complexity index is 722. The molecule has 2 atom stereocenters. The minimum Gasteiger partial charge on any atom is -0.482 e. The highest BCUT2D eigenvalue weighted by Crippen LogP contribution is 2.33. The Labute approximate surface area is 168 Å². The lowest BCUT2D eigenvalue weighted by Gasteiger charge is -2.44. The number of rotatable bonds is 6. The molecule has 1 aliphatic heterocycles. The van der Waals surface area contributed by atoms with Gasteiger partial charge in [-0.2, -0.15) is 0 Å². The van der Waals surface area contributed by atoms with Gasteiger partial charge in [0.15, 0.2) is 5.76 Å². The number of amides is 2. The van der Waals surface area contributed by atoms with E-state index < -0.39 is 0 Å². The number of hydrogen-bond acceptors (Lipinski definition) is 4. The Hall–Kier alpha value is -1.86. The second-order valence-electron chi connectivity index (χ2n) is 6.85. The van der Waals surface area contributed by atoms with Gasteiger partial charge in [0.25, 0.3) is 5.91 Å². The number of carbonyl (C=O) groups excluding carboxylic acids is 2. The minimum absolute atomic E-state index is 0.0425. The molecule has 6 nitrogen and oxygen atoms in total. The van der Waals surface area contributed by atoms with Gasteiger partial charge in [0.05, 0.1) is 12.6 Å². The molecule has 146 valence electrons. The van der Waals surface area contributed by atoms with Gasteiger partial charge in [0.2, 0.25) is 5.91 Å². The normalized spacial score (nSPS) is 23.7. The van der Waals surface area contributed by atoms with Gasteiger partial charge in [-0.25, -0.2) is 0 Å². The number of benzene rings is 1. The van der Waals surface area contributed by atoms with Crippen molar-refractivity contribution >= 4 is 33.8 Å². The molecule has 7 heteroatoms. The summed E-state index contributed by atoms with van der Waals surface area (Å²) >= 11 is 3.44. The summed E-state index contributed by atoms with van der Waals surface area (Å²) in [5, 5.41) is 2.79. The number of morpholine rings is 1. The van der Waals surface area contributed by atoms with Crippen LogP contribution in [0.1, 0.15) is 31.2 Å².